The van der Waals surface area contributed by atoms with E-state index in [-0.39, 0.29) is 29.2 Å². The van der Waals surface area contributed by atoms with Crippen molar-refractivity contribution in [2.45, 2.75) is 13.1 Å². The Kier molecular flexibility index (Phi) is 4.85. The molecule has 2 aromatic heterocycles. The van der Waals surface area contributed by atoms with Gasteiger partial charge in [0.1, 0.15) is 29.6 Å². The van der Waals surface area contributed by atoms with Gasteiger partial charge < -0.3 is 4.74 Å². The van der Waals surface area contributed by atoms with Gasteiger partial charge in [-0.15, -0.1) is 11.3 Å². The highest BCUT2D eigenvalue weighted by atomic mass is 32.1. The van der Waals surface area contributed by atoms with Crippen LogP contribution in [-0.2, 0) is 13.1 Å². The minimum absolute atomic E-state index is 0.0258. The number of carbonyl (C=O) groups is 1. The molecule has 0 atom stereocenters. The first kappa shape index (κ1) is 16.1. The van der Waals surface area contributed by atoms with Crippen molar-refractivity contribution < 1.29 is 18.3 Å². The molecule has 0 bridgehead atoms. The number of rotatable bonds is 6. The second-order valence-electron chi connectivity index (χ2n) is 4.82. The molecular weight excluding hydrogens is 336 g/mol. The van der Waals surface area contributed by atoms with E-state index in [4.69, 9.17) is 4.74 Å². The first-order chi connectivity index (χ1) is 11.6. The maximum Gasteiger partial charge on any atom is 0.169 e. The molecule has 0 amide bonds. The maximum absolute atomic E-state index is 13.8. The van der Waals surface area contributed by atoms with Crippen LogP contribution in [0.15, 0.2) is 42.3 Å². The topological polar surface area (TPSA) is 65.0 Å². The highest BCUT2D eigenvalue weighted by molar-refractivity contribution is 7.09. The lowest BCUT2D eigenvalue weighted by atomic mass is 10.1. The van der Waals surface area contributed by atoms with Gasteiger partial charge in [0.05, 0.1) is 24.5 Å². The molecule has 8 heteroatoms. The Morgan fingerprint density at radius 2 is 1.96 bits per heavy atom. The zero-order chi connectivity index (χ0) is 16.9. The molecule has 5 nitrogen and oxygen atoms in total. The Morgan fingerprint density at radius 3 is 2.67 bits per heavy atom. The predicted octanol–water partition coefficient (Wildman–Crippen LogP) is 3.76. The summed E-state index contributed by atoms with van der Waals surface area (Å²) >= 11 is 1.19. The average Bonchev–Trinajstić information content (AvgIpc) is 3.03. The van der Waals surface area contributed by atoms with Crippen LogP contribution in [0.1, 0.15) is 21.1 Å². The van der Waals surface area contributed by atoms with E-state index in [9.17, 15) is 13.6 Å². The van der Waals surface area contributed by atoms with Gasteiger partial charge in [-0.05, 0) is 12.1 Å². The summed E-state index contributed by atoms with van der Waals surface area (Å²) in [6, 6.07) is 3.72. The number of halogens is 2. The van der Waals surface area contributed by atoms with Gasteiger partial charge in [0, 0.05) is 17.0 Å². The number of thiazole rings is 1. The summed E-state index contributed by atoms with van der Waals surface area (Å²) < 4.78 is 31.7. The van der Waals surface area contributed by atoms with Gasteiger partial charge in [-0.2, -0.15) is 0 Å². The molecule has 0 radical (unpaired) electrons. The third-order valence-electron chi connectivity index (χ3n) is 3.01. The van der Waals surface area contributed by atoms with Gasteiger partial charge in [0.2, 0.25) is 0 Å². The fraction of sp³-hybridized carbons (Fsp3) is 0.125. The summed E-state index contributed by atoms with van der Waals surface area (Å²) in [6.07, 6.45) is 4.16. The minimum atomic E-state index is -0.679. The lowest BCUT2D eigenvalue weighted by molar-refractivity contribution is 0.0992. The summed E-state index contributed by atoms with van der Waals surface area (Å²) in [6.45, 7) is -0.679. The lowest BCUT2D eigenvalue weighted by Crippen LogP contribution is -2.04. The first-order valence-electron chi connectivity index (χ1n) is 6.90. The van der Waals surface area contributed by atoms with Gasteiger partial charge in [0.15, 0.2) is 11.5 Å². The van der Waals surface area contributed by atoms with Crippen LogP contribution < -0.4 is 4.74 Å². The molecule has 0 fully saturated rings. The highest BCUT2D eigenvalue weighted by Gasteiger charge is 2.13. The normalized spacial score (nSPS) is 10.6. The quantitative estimate of drug-likeness (QED) is 0.635. The molecule has 24 heavy (non-hydrogen) atoms. The first-order valence-corrected chi connectivity index (χ1v) is 7.78. The number of aromatic nitrogens is 3. The summed E-state index contributed by atoms with van der Waals surface area (Å²) in [4.78, 5) is 23.9. The largest absolute Gasteiger partial charge is 0.454 e. The Bertz CT molecular complexity index is 856. The Hall–Kier alpha value is -2.74. The SMILES string of the molecule is O=C(Cc1nc(CF)cs1)c1cc(F)cc(Oc2cncnc2)c1. The number of nitrogens with zero attached hydrogens (tertiary/aromatic N) is 3. The van der Waals surface area contributed by atoms with Crippen molar-refractivity contribution in [1.29, 1.82) is 0 Å². The number of hydrogen-bond donors (Lipinski definition) is 0. The minimum Gasteiger partial charge on any atom is -0.454 e. The molecule has 3 aromatic rings. The van der Waals surface area contributed by atoms with E-state index in [1.165, 1.54) is 36.1 Å². The van der Waals surface area contributed by atoms with Crippen LogP contribution in [0.25, 0.3) is 0 Å². The molecule has 0 N–H and O–H groups in total. The third-order valence-corrected chi connectivity index (χ3v) is 3.91. The number of hydrogen-bond acceptors (Lipinski definition) is 6. The van der Waals surface area contributed by atoms with E-state index < -0.39 is 12.5 Å². The number of Topliss-reactive ketones (excluding diaryl/α,β-unsaturated/α-hetero) is 1. The van der Waals surface area contributed by atoms with Crippen LogP contribution in [0.5, 0.6) is 11.5 Å². The number of alkyl halides is 1. The molecule has 0 aliphatic carbocycles. The second kappa shape index (κ2) is 7.22. The number of carbonyl (C=O) groups excluding carboxylic acids is 1. The zero-order valence-electron chi connectivity index (χ0n) is 12.3. The fourth-order valence-electron chi connectivity index (χ4n) is 1.99. The average molecular weight is 347 g/mol. The van der Waals surface area contributed by atoms with Crippen LogP contribution in [0.4, 0.5) is 8.78 Å². The number of benzene rings is 1. The summed E-state index contributed by atoms with van der Waals surface area (Å²) in [7, 11) is 0. The monoisotopic (exact) mass is 347 g/mol. The van der Waals surface area contributed by atoms with Gasteiger partial charge >= 0.3 is 0 Å². The molecule has 3 rings (SSSR count). The molecule has 0 unspecified atom stereocenters. The highest BCUT2D eigenvalue weighted by Crippen LogP contribution is 2.23. The van der Waals surface area contributed by atoms with Crippen molar-refractivity contribution in [2.75, 3.05) is 0 Å². The Balaban J connectivity index is 1.78. The fourth-order valence-corrected chi connectivity index (χ4v) is 2.76. The molecule has 2 heterocycles. The lowest BCUT2D eigenvalue weighted by Gasteiger charge is -2.07. The summed E-state index contributed by atoms with van der Waals surface area (Å²) in [5.74, 6) is -0.439. The Labute approximate surface area is 140 Å². The van der Waals surface area contributed by atoms with E-state index in [1.54, 1.807) is 5.38 Å². The molecular formula is C16H11F2N3O2S. The van der Waals surface area contributed by atoms with Gasteiger partial charge in [-0.25, -0.2) is 23.7 Å². The zero-order valence-corrected chi connectivity index (χ0v) is 13.1. The van der Waals surface area contributed by atoms with Crippen molar-refractivity contribution >= 4 is 17.1 Å². The molecule has 0 aliphatic rings. The van der Waals surface area contributed by atoms with Crippen molar-refractivity contribution in [3.63, 3.8) is 0 Å². The van der Waals surface area contributed by atoms with E-state index in [2.05, 4.69) is 15.0 Å². The summed E-state index contributed by atoms with van der Waals surface area (Å²) in [5.41, 5.74) is 0.439. The molecule has 0 aliphatic heterocycles. The molecule has 1 aromatic carbocycles. The Morgan fingerprint density at radius 1 is 1.17 bits per heavy atom. The molecule has 0 saturated carbocycles. The van der Waals surface area contributed by atoms with Crippen molar-refractivity contribution in [2.24, 2.45) is 0 Å². The molecule has 0 saturated heterocycles. The van der Waals surface area contributed by atoms with E-state index in [0.29, 0.717) is 10.8 Å². The van der Waals surface area contributed by atoms with Crippen molar-refractivity contribution in [1.82, 2.24) is 15.0 Å². The van der Waals surface area contributed by atoms with Gasteiger partial charge in [0.25, 0.3) is 0 Å². The van der Waals surface area contributed by atoms with Crippen LogP contribution in [0.3, 0.4) is 0 Å². The third kappa shape index (κ3) is 3.96. The van der Waals surface area contributed by atoms with Crippen molar-refractivity contribution in [3.8, 4) is 11.5 Å². The predicted molar refractivity (Wildman–Crippen MR) is 83.5 cm³/mol. The van der Waals surface area contributed by atoms with E-state index in [1.807, 2.05) is 0 Å². The second-order valence-corrected chi connectivity index (χ2v) is 5.76. The molecule has 0 spiro atoms. The smallest absolute Gasteiger partial charge is 0.169 e. The summed E-state index contributed by atoms with van der Waals surface area (Å²) in [5, 5.41) is 2.04. The van der Waals surface area contributed by atoms with Gasteiger partial charge in [-0.1, -0.05) is 0 Å². The number of ether oxygens (including phenoxy) is 1. The van der Waals surface area contributed by atoms with Crippen LogP contribution in [-0.4, -0.2) is 20.7 Å². The van der Waals surface area contributed by atoms with E-state index in [0.717, 1.165) is 12.1 Å². The van der Waals surface area contributed by atoms with Crippen LogP contribution in [0.2, 0.25) is 0 Å². The maximum atomic E-state index is 13.8. The van der Waals surface area contributed by atoms with Gasteiger partial charge in [-0.3, -0.25) is 4.79 Å². The standard InChI is InChI=1S/C16H11F2N3O2S/c17-5-12-8-24-16(21-12)4-15(22)10-1-11(18)3-13(2-10)23-14-6-19-9-20-7-14/h1-3,6-9H,4-5H2. The van der Waals surface area contributed by atoms with E-state index >= 15 is 0 Å². The number of ketones is 1. The molecule has 122 valence electrons. The van der Waals surface area contributed by atoms with Crippen LogP contribution >= 0.6 is 11.3 Å². The van der Waals surface area contributed by atoms with Crippen LogP contribution in [0, 0.1) is 5.82 Å². The van der Waals surface area contributed by atoms with Crippen molar-refractivity contribution in [3.05, 3.63) is 64.4 Å².